The number of anilines is 1. The van der Waals surface area contributed by atoms with E-state index in [0.29, 0.717) is 29.8 Å². The number of nitrogens with one attached hydrogen (secondary N) is 1. The molecule has 166 valence electrons. The van der Waals surface area contributed by atoms with Gasteiger partial charge in [-0.1, -0.05) is 35.3 Å². The van der Waals surface area contributed by atoms with Crippen LogP contribution >= 0.6 is 23.2 Å². The van der Waals surface area contributed by atoms with E-state index >= 15 is 0 Å². The highest BCUT2D eigenvalue weighted by molar-refractivity contribution is 6.31. The van der Waals surface area contributed by atoms with Crippen LogP contribution in [0.1, 0.15) is 28.8 Å². The number of likely N-dealkylation sites (tertiary alicyclic amines) is 1. The van der Waals surface area contributed by atoms with Gasteiger partial charge >= 0.3 is 5.97 Å². The Morgan fingerprint density at radius 3 is 2.39 bits per heavy atom. The molecule has 0 radical (unpaired) electrons. The predicted molar refractivity (Wildman–Crippen MR) is 123 cm³/mol. The Morgan fingerprint density at radius 1 is 1.03 bits per heavy atom. The number of halogens is 2. The highest BCUT2D eigenvalue weighted by Gasteiger charge is 2.35. The van der Waals surface area contributed by atoms with E-state index in [9.17, 15) is 15.0 Å². The van der Waals surface area contributed by atoms with Gasteiger partial charge in [-0.05, 0) is 61.8 Å². The molecule has 2 atom stereocenters. The molecule has 3 N–H and O–H groups in total. The average molecular weight is 464 g/mol. The lowest BCUT2D eigenvalue weighted by molar-refractivity contribution is 0.0697. The van der Waals surface area contributed by atoms with Gasteiger partial charge in [-0.15, -0.1) is 0 Å². The zero-order valence-electron chi connectivity index (χ0n) is 17.2. The van der Waals surface area contributed by atoms with Gasteiger partial charge in [-0.2, -0.15) is 0 Å². The first kappa shape index (κ1) is 22.4. The minimum absolute atomic E-state index is 0.0925. The minimum Gasteiger partial charge on any atom is -0.478 e. The molecule has 0 bridgehead atoms. The van der Waals surface area contributed by atoms with E-state index < -0.39 is 12.1 Å². The van der Waals surface area contributed by atoms with Crippen molar-refractivity contribution in [2.75, 3.05) is 31.1 Å². The molecule has 2 saturated heterocycles. The quantitative estimate of drug-likeness (QED) is 0.608. The second kappa shape index (κ2) is 9.76. The number of piperidine rings is 1. The molecule has 2 fully saturated rings. The Labute approximate surface area is 192 Å². The molecule has 1 unspecified atom stereocenters. The van der Waals surface area contributed by atoms with Crippen LogP contribution in [-0.2, 0) is 6.54 Å². The van der Waals surface area contributed by atoms with Crippen molar-refractivity contribution < 1.29 is 15.0 Å². The maximum absolute atomic E-state index is 11.6. The number of aliphatic hydroxyl groups excluding tert-OH is 1. The highest BCUT2D eigenvalue weighted by Crippen LogP contribution is 2.28. The Kier molecular flexibility index (Phi) is 7.04. The lowest BCUT2D eigenvalue weighted by Crippen LogP contribution is -2.49. The third-order valence-electron chi connectivity index (χ3n) is 6.18. The molecule has 2 aliphatic heterocycles. The molecule has 8 heteroatoms. The summed E-state index contributed by atoms with van der Waals surface area (Å²) in [5.74, 6) is -1.02. The third-order valence-corrected chi connectivity index (χ3v) is 6.66. The predicted octanol–water partition coefficient (Wildman–Crippen LogP) is 3.50. The van der Waals surface area contributed by atoms with E-state index in [1.807, 2.05) is 17.0 Å². The molecule has 2 aromatic carbocycles. The summed E-state index contributed by atoms with van der Waals surface area (Å²) in [4.78, 5) is 16.0. The fourth-order valence-electron chi connectivity index (χ4n) is 4.51. The van der Waals surface area contributed by atoms with Crippen molar-refractivity contribution in [1.82, 2.24) is 10.2 Å². The smallest absolute Gasteiger partial charge is 0.337 e. The standard InChI is InChI=1S/C23H27Cl2N3O3/c24-16-3-1-15(2-4-16)12-27-9-7-18(8-10-27)26-20-13-28(14-22(20)29)21-6-5-17(25)11-19(21)23(30)31/h1-6,11,18,20,22,26,29H,7-10,12-14H2,(H,30,31)/t20?,22-/m1/s1. The SMILES string of the molecule is O=C(O)c1cc(Cl)ccc1N1CC(NC2CCN(Cc3ccc(Cl)cc3)CC2)[C@H](O)C1. The van der Waals surface area contributed by atoms with Crippen molar-refractivity contribution in [2.45, 2.75) is 37.6 Å². The van der Waals surface area contributed by atoms with Crippen molar-refractivity contribution in [2.24, 2.45) is 0 Å². The van der Waals surface area contributed by atoms with Crippen LogP contribution in [0.2, 0.25) is 10.0 Å². The second-order valence-electron chi connectivity index (χ2n) is 8.39. The molecular weight excluding hydrogens is 437 g/mol. The summed E-state index contributed by atoms with van der Waals surface area (Å²) in [6, 6.07) is 13.1. The first-order valence-corrected chi connectivity index (χ1v) is 11.3. The van der Waals surface area contributed by atoms with E-state index in [1.165, 1.54) is 11.6 Å². The monoisotopic (exact) mass is 463 g/mol. The van der Waals surface area contributed by atoms with Gasteiger partial charge in [0.1, 0.15) is 0 Å². The van der Waals surface area contributed by atoms with Crippen LogP contribution < -0.4 is 10.2 Å². The number of rotatable bonds is 6. The Bertz CT molecular complexity index is 917. The van der Waals surface area contributed by atoms with Crippen molar-refractivity contribution in [3.63, 3.8) is 0 Å². The van der Waals surface area contributed by atoms with E-state index in [-0.39, 0.29) is 11.6 Å². The lowest BCUT2D eigenvalue weighted by Gasteiger charge is -2.34. The Hall–Kier alpha value is -1.83. The number of nitrogens with zero attached hydrogens (tertiary/aromatic N) is 2. The maximum Gasteiger partial charge on any atom is 0.337 e. The van der Waals surface area contributed by atoms with E-state index in [4.69, 9.17) is 23.2 Å². The number of aromatic carboxylic acids is 1. The summed E-state index contributed by atoms with van der Waals surface area (Å²) in [5, 5.41) is 24.9. The first-order valence-electron chi connectivity index (χ1n) is 10.6. The van der Waals surface area contributed by atoms with Crippen LogP contribution in [0.15, 0.2) is 42.5 Å². The molecule has 0 aliphatic carbocycles. The van der Waals surface area contributed by atoms with Crippen LogP contribution in [0, 0.1) is 0 Å². The third kappa shape index (κ3) is 5.51. The lowest BCUT2D eigenvalue weighted by atomic mass is 10.0. The normalized spacial score (nSPS) is 22.7. The van der Waals surface area contributed by atoms with Crippen LogP contribution in [0.25, 0.3) is 0 Å². The van der Waals surface area contributed by atoms with Crippen molar-refractivity contribution in [3.8, 4) is 0 Å². The molecule has 6 nitrogen and oxygen atoms in total. The summed E-state index contributed by atoms with van der Waals surface area (Å²) >= 11 is 11.9. The fraction of sp³-hybridized carbons (Fsp3) is 0.435. The number of carboxylic acid groups (broad SMARTS) is 1. The number of carbonyl (C=O) groups is 1. The highest BCUT2D eigenvalue weighted by atomic mass is 35.5. The summed E-state index contributed by atoms with van der Waals surface area (Å²) in [6.07, 6.45) is 1.47. The topological polar surface area (TPSA) is 76.0 Å². The molecule has 2 aromatic rings. The van der Waals surface area contributed by atoms with E-state index in [1.54, 1.807) is 12.1 Å². The van der Waals surface area contributed by atoms with Crippen LogP contribution in [0.5, 0.6) is 0 Å². The summed E-state index contributed by atoms with van der Waals surface area (Å²) < 4.78 is 0. The number of β-amino-alcohol motifs (C(OH)–C–C–N with tert-alkyl or cyclic N) is 1. The fourth-order valence-corrected chi connectivity index (χ4v) is 4.81. The molecule has 2 aliphatic rings. The van der Waals surface area contributed by atoms with Gasteiger partial charge in [-0.25, -0.2) is 4.79 Å². The maximum atomic E-state index is 11.6. The average Bonchev–Trinajstić information content (AvgIpc) is 3.11. The number of hydrogen-bond acceptors (Lipinski definition) is 5. The summed E-state index contributed by atoms with van der Waals surface area (Å²) in [7, 11) is 0. The van der Waals surface area contributed by atoms with E-state index in [0.717, 1.165) is 37.5 Å². The number of hydrogen-bond donors (Lipinski definition) is 3. The number of aliphatic hydroxyl groups is 1. The molecule has 0 saturated carbocycles. The largest absolute Gasteiger partial charge is 0.478 e. The molecule has 31 heavy (non-hydrogen) atoms. The zero-order valence-corrected chi connectivity index (χ0v) is 18.7. The van der Waals surface area contributed by atoms with Gasteiger partial charge in [-0.3, -0.25) is 4.90 Å². The number of carboxylic acids is 1. The van der Waals surface area contributed by atoms with Gasteiger partial charge in [0.15, 0.2) is 0 Å². The van der Waals surface area contributed by atoms with Crippen molar-refractivity contribution in [3.05, 3.63) is 63.6 Å². The van der Waals surface area contributed by atoms with E-state index in [2.05, 4.69) is 22.3 Å². The summed E-state index contributed by atoms with van der Waals surface area (Å²) in [6.45, 7) is 3.86. The Morgan fingerprint density at radius 2 is 1.71 bits per heavy atom. The minimum atomic E-state index is -1.02. The van der Waals surface area contributed by atoms with Crippen LogP contribution in [-0.4, -0.2) is 65.4 Å². The molecule has 2 heterocycles. The molecule has 0 amide bonds. The zero-order chi connectivity index (χ0) is 22.0. The van der Waals surface area contributed by atoms with Gasteiger partial charge in [0, 0.05) is 35.7 Å². The molecular formula is C23H27Cl2N3O3. The summed E-state index contributed by atoms with van der Waals surface area (Å²) in [5.41, 5.74) is 2.02. The van der Waals surface area contributed by atoms with Crippen molar-refractivity contribution >= 4 is 34.9 Å². The second-order valence-corrected chi connectivity index (χ2v) is 9.26. The van der Waals surface area contributed by atoms with Gasteiger partial charge in [0.2, 0.25) is 0 Å². The van der Waals surface area contributed by atoms with Gasteiger partial charge in [0.25, 0.3) is 0 Å². The first-order chi connectivity index (χ1) is 14.9. The number of benzene rings is 2. The van der Waals surface area contributed by atoms with Crippen molar-refractivity contribution in [1.29, 1.82) is 0 Å². The van der Waals surface area contributed by atoms with Gasteiger partial charge in [0.05, 0.1) is 23.4 Å². The van der Waals surface area contributed by atoms with Gasteiger partial charge < -0.3 is 20.4 Å². The molecule has 0 aromatic heterocycles. The molecule has 4 rings (SSSR count). The van der Waals surface area contributed by atoms with Crippen LogP contribution in [0.4, 0.5) is 5.69 Å². The Balaban J connectivity index is 1.31. The van der Waals surface area contributed by atoms with Crippen LogP contribution in [0.3, 0.4) is 0 Å². The molecule has 0 spiro atoms.